The lowest BCUT2D eigenvalue weighted by Gasteiger charge is -2.37. The summed E-state index contributed by atoms with van der Waals surface area (Å²) in [5, 5.41) is 1.12. The maximum atomic E-state index is 5.99. The Hall–Kier alpha value is -2.02. The van der Waals surface area contributed by atoms with Crippen LogP contribution in [0.1, 0.15) is 12.7 Å². The molecule has 1 aliphatic heterocycles. The number of ether oxygens (including phenoxy) is 2. The Balaban J connectivity index is 1.75. The third-order valence-corrected chi connectivity index (χ3v) is 5.60. The number of anilines is 1. The smallest absolute Gasteiger partial charge is 0.141 e. The van der Waals surface area contributed by atoms with Gasteiger partial charge in [0.15, 0.2) is 0 Å². The Bertz CT molecular complexity index is 897. The molecule has 0 bridgehead atoms. The fourth-order valence-corrected chi connectivity index (χ4v) is 4.57. The van der Waals surface area contributed by atoms with Crippen LogP contribution in [0.15, 0.2) is 36.4 Å². The zero-order valence-corrected chi connectivity index (χ0v) is 16.1. The van der Waals surface area contributed by atoms with Crippen molar-refractivity contribution >= 4 is 27.4 Å². The molecule has 0 amide bonds. The minimum atomic E-state index is 0.0568. The molecule has 1 saturated heterocycles. The molecule has 0 spiro atoms. The topological polar surface area (TPSA) is 47.5 Å². The second-order valence-electron chi connectivity index (χ2n) is 6.72. The number of methoxy groups -OCH3 is 1. The van der Waals surface area contributed by atoms with Gasteiger partial charge in [-0.2, -0.15) is 0 Å². The van der Waals surface area contributed by atoms with Gasteiger partial charge in [0.05, 0.1) is 24.2 Å². The molecule has 3 aromatic rings. The van der Waals surface area contributed by atoms with Crippen molar-refractivity contribution in [2.45, 2.75) is 26.1 Å². The van der Waals surface area contributed by atoms with E-state index in [9.17, 15) is 0 Å². The molecule has 5 nitrogen and oxygen atoms in total. The number of aromatic nitrogens is 2. The van der Waals surface area contributed by atoms with E-state index in [1.807, 2.05) is 13.0 Å². The van der Waals surface area contributed by atoms with Crippen LogP contribution >= 0.6 is 11.3 Å². The highest BCUT2D eigenvalue weighted by atomic mass is 32.1. The Morgan fingerprint density at radius 1 is 1.23 bits per heavy atom. The van der Waals surface area contributed by atoms with Crippen molar-refractivity contribution in [2.24, 2.45) is 0 Å². The zero-order valence-electron chi connectivity index (χ0n) is 15.3. The fraction of sp³-hybridized carbons (Fsp3) is 0.400. The van der Waals surface area contributed by atoms with Gasteiger partial charge in [-0.15, -0.1) is 11.3 Å². The second-order valence-corrected chi connectivity index (χ2v) is 7.75. The van der Waals surface area contributed by atoms with Crippen molar-refractivity contribution in [3.05, 3.63) is 42.2 Å². The van der Waals surface area contributed by atoms with E-state index in [4.69, 9.17) is 14.5 Å². The summed E-state index contributed by atoms with van der Waals surface area (Å²) in [5.74, 6) is 1.80. The second kappa shape index (κ2) is 7.31. The van der Waals surface area contributed by atoms with E-state index in [1.54, 1.807) is 18.4 Å². The summed E-state index contributed by atoms with van der Waals surface area (Å²) in [6, 6.07) is 12.7. The predicted octanol–water partition coefficient (Wildman–Crippen LogP) is 3.91. The molecule has 0 aliphatic carbocycles. The molecule has 4 rings (SSSR count). The average molecular weight is 369 g/mol. The maximum absolute atomic E-state index is 5.99. The third kappa shape index (κ3) is 3.45. The Morgan fingerprint density at radius 3 is 2.81 bits per heavy atom. The molecule has 3 heterocycles. The molecule has 2 aromatic heterocycles. The van der Waals surface area contributed by atoms with E-state index in [0.29, 0.717) is 6.61 Å². The van der Waals surface area contributed by atoms with Crippen molar-refractivity contribution in [2.75, 3.05) is 31.7 Å². The predicted molar refractivity (Wildman–Crippen MR) is 106 cm³/mol. The molecule has 0 saturated carbocycles. The first-order valence-corrected chi connectivity index (χ1v) is 9.68. The number of nitrogens with zero attached hydrogens (tertiary/aromatic N) is 3. The molecule has 2 atom stereocenters. The van der Waals surface area contributed by atoms with Crippen LogP contribution < -0.4 is 4.90 Å². The highest BCUT2D eigenvalue weighted by Crippen LogP contribution is 2.37. The van der Waals surface area contributed by atoms with Crippen LogP contribution in [0.2, 0.25) is 0 Å². The van der Waals surface area contributed by atoms with Gasteiger partial charge in [-0.3, -0.25) is 0 Å². The van der Waals surface area contributed by atoms with Crippen molar-refractivity contribution in [1.82, 2.24) is 9.97 Å². The maximum Gasteiger partial charge on any atom is 0.141 e. The summed E-state index contributed by atoms with van der Waals surface area (Å²) in [6.07, 6.45) is 0.197. The highest BCUT2D eigenvalue weighted by molar-refractivity contribution is 7.21. The molecular weight excluding hydrogens is 346 g/mol. The van der Waals surface area contributed by atoms with E-state index >= 15 is 0 Å². The number of thiophene rings is 1. The van der Waals surface area contributed by atoms with E-state index in [0.717, 1.165) is 34.9 Å². The zero-order chi connectivity index (χ0) is 18.1. The van der Waals surface area contributed by atoms with E-state index in [1.165, 1.54) is 10.4 Å². The molecular formula is C20H23N3O2S. The molecule has 1 aliphatic rings. The number of benzene rings is 1. The Morgan fingerprint density at radius 2 is 2.04 bits per heavy atom. The highest BCUT2D eigenvalue weighted by Gasteiger charge is 2.28. The Kier molecular flexibility index (Phi) is 4.89. The van der Waals surface area contributed by atoms with Crippen LogP contribution in [0, 0.1) is 6.92 Å². The van der Waals surface area contributed by atoms with Crippen molar-refractivity contribution in [3.63, 3.8) is 0 Å². The van der Waals surface area contributed by atoms with Gasteiger partial charge in [-0.1, -0.05) is 30.3 Å². The van der Waals surface area contributed by atoms with Gasteiger partial charge in [0.25, 0.3) is 0 Å². The molecule has 2 unspecified atom stereocenters. The summed E-state index contributed by atoms with van der Waals surface area (Å²) in [6.45, 7) is 6.25. The normalized spacial score (nSPS) is 20.7. The van der Waals surface area contributed by atoms with Crippen LogP contribution in [-0.2, 0) is 9.47 Å². The number of hydrogen-bond donors (Lipinski definition) is 0. The van der Waals surface area contributed by atoms with Crippen molar-refractivity contribution in [1.29, 1.82) is 0 Å². The lowest BCUT2D eigenvalue weighted by atomic mass is 10.1. The molecule has 6 heteroatoms. The molecule has 0 N–H and O–H groups in total. The monoisotopic (exact) mass is 369 g/mol. The molecule has 0 radical (unpaired) electrons. The van der Waals surface area contributed by atoms with Gasteiger partial charge in [-0.05, 0) is 25.5 Å². The lowest BCUT2D eigenvalue weighted by molar-refractivity contribution is -0.0512. The summed E-state index contributed by atoms with van der Waals surface area (Å²) in [5.41, 5.74) is 1.21. The summed E-state index contributed by atoms with van der Waals surface area (Å²) in [7, 11) is 1.71. The van der Waals surface area contributed by atoms with Crippen molar-refractivity contribution in [3.8, 4) is 10.4 Å². The van der Waals surface area contributed by atoms with E-state index < -0.39 is 0 Å². The van der Waals surface area contributed by atoms with Crippen molar-refractivity contribution < 1.29 is 9.47 Å². The number of fused-ring (bicyclic) bond motifs is 1. The minimum absolute atomic E-state index is 0.0568. The number of hydrogen-bond acceptors (Lipinski definition) is 6. The van der Waals surface area contributed by atoms with Gasteiger partial charge in [0.1, 0.15) is 16.5 Å². The standard InChI is InChI=1S/C20H23N3O2S/c1-13-10-23(11-16(25-13)12-24-3)19-17-9-18(15-7-5-4-6-8-15)26-20(17)22-14(2)21-19/h4-9,13,16H,10-12H2,1-3H3. The van der Waals surface area contributed by atoms with Crippen LogP contribution in [0.4, 0.5) is 5.82 Å². The minimum Gasteiger partial charge on any atom is -0.382 e. The Labute approximate surface area is 157 Å². The average Bonchev–Trinajstić information content (AvgIpc) is 3.05. The van der Waals surface area contributed by atoms with Crippen LogP contribution in [-0.4, -0.2) is 49.0 Å². The van der Waals surface area contributed by atoms with Crippen LogP contribution in [0.5, 0.6) is 0 Å². The third-order valence-electron chi connectivity index (χ3n) is 4.52. The van der Waals surface area contributed by atoms with Gasteiger partial charge in [-0.25, -0.2) is 9.97 Å². The van der Waals surface area contributed by atoms with Gasteiger partial charge < -0.3 is 14.4 Å². The first-order valence-electron chi connectivity index (χ1n) is 8.87. The summed E-state index contributed by atoms with van der Waals surface area (Å²) < 4.78 is 11.3. The van der Waals surface area contributed by atoms with Gasteiger partial charge >= 0.3 is 0 Å². The lowest BCUT2D eigenvalue weighted by Crippen LogP contribution is -2.48. The molecule has 1 aromatic carbocycles. The van der Waals surface area contributed by atoms with E-state index in [-0.39, 0.29) is 12.2 Å². The fourth-order valence-electron chi connectivity index (χ4n) is 3.49. The summed E-state index contributed by atoms with van der Waals surface area (Å²) in [4.78, 5) is 14.0. The molecule has 1 fully saturated rings. The van der Waals surface area contributed by atoms with E-state index in [2.05, 4.69) is 47.1 Å². The first kappa shape index (κ1) is 17.4. The van der Waals surface area contributed by atoms with Crippen LogP contribution in [0.25, 0.3) is 20.7 Å². The largest absolute Gasteiger partial charge is 0.382 e. The number of aryl methyl sites for hydroxylation is 1. The van der Waals surface area contributed by atoms with Gasteiger partial charge in [0.2, 0.25) is 0 Å². The summed E-state index contributed by atoms with van der Waals surface area (Å²) >= 11 is 1.72. The SMILES string of the molecule is COCC1CN(c2nc(C)nc3sc(-c4ccccc4)cc23)CC(C)O1. The number of morpholine rings is 1. The number of rotatable bonds is 4. The molecule has 26 heavy (non-hydrogen) atoms. The molecule has 136 valence electrons. The first-order chi connectivity index (χ1) is 12.6. The van der Waals surface area contributed by atoms with Crippen LogP contribution in [0.3, 0.4) is 0 Å². The van der Waals surface area contributed by atoms with Gasteiger partial charge in [0, 0.05) is 25.1 Å². The quantitative estimate of drug-likeness (QED) is 0.698.